The van der Waals surface area contributed by atoms with Gasteiger partial charge >= 0.3 is 0 Å². The molecular formula is C27H25N. The van der Waals surface area contributed by atoms with Gasteiger partial charge in [0.2, 0.25) is 0 Å². The minimum absolute atomic E-state index is 0.442. The molecule has 1 aliphatic carbocycles. The first-order chi connectivity index (χ1) is 13.8. The summed E-state index contributed by atoms with van der Waals surface area (Å²) in [6.45, 7) is 3.07. The molecule has 3 aromatic rings. The first kappa shape index (κ1) is 18.1. The highest BCUT2D eigenvalue weighted by atomic mass is 15.1. The molecule has 1 unspecified atom stereocenters. The van der Waals surface area contributed by atoms with E-state index >= 15 is 0 Å². The van der Waals surface area contributed by atoms with Crippen molar-refractivity contribution in [2.45, 2.75) is 13.5 Å². The molecule has 4 rings (SSSR count). The van der Waals surface area contributed by atoms with Crippen molar-refractivity contribution in [2.75, 3.05) is 4.90 Å². The fraction of sp³-hybridized carbons (Fsp3) is 0.111. The van der Waals surface area contributed by atoms with Crippen LogP contribution >= 0.6 is 0 Å². The molecule has 1 nitrogen and oxygen atoms in total. The monoisotopic (exact) mass is 363 g/mol. The quantitative estimate of drug-likeness (QED) is 0.464. The van der Waals surface area contributed by atoms with Crippen molar-refractivity contribution >= 4 is 17.5 Å². The molecule has 1 heteroatoms. The minimum Gasteiger partial charge on any atom is -0.337 e. The molecule has 1 atom stereocenters. The van der Waals surface area contributed by atoms with E-state index in [4.69, 9.17) is 0 Å². The van der Waals surface area contributed by atoms with E-state index < -0.39 is 0 Å². The molecule has 0 saturated carbocycles. The van der Waals surface area contributed by atoms with Gasteiger partial charge in [0.1, 0.15) is 0 Å². The number of para-hydroxylation sites is 2. The molecule has 0 aromatic heterocycles. The SMILES string of the molecule is CC1C=CC=C/C1=C/c1ccccc1CN(c1ccccc1)c1ccccc1. The third-order valence-corrected chi connectivity index (χ3v) is 5.17. The summed E-state index contributed by atoms with van der Waals surface area (Å²) in [5, 5.41) is 0. The van der Waals surface area contributed by atoms with Crippen molar-refractivity contribution in [3.05, 3.63) is 126 Å². The van der Waals surface area contributed by atoms with Crippen LogP contribution in [-0.2, 0) is 6.54 Å². The lowest BCUT2D eigenvalue weighted by Crippen LogP contribution is -2.17. The highest BCUT2D eigenvalue weighted by molar-refractivity contribution is 5.66. The van der Waals surface area contributed by atoms with Crippen LogP contribution in [0.15, 0.2) is 115 Å². The summed E-state index contributed by atoms with van der Waals surface area (Å²) in [7, 11) is 0. The molecule has 0 bridgehead atoms. The second-order valence-electron chi connectivity index (χ2n) is 7.13. The maximum Gasteiger partial charge on any atom is 0.0487 e. The lowest BCUT2D eigenvalue weighted by molar-refractivity contribution is 0.890. The average molecular weight is 364 g/mol. The average Bonchev–Trinajstić information content (AvgIpc) is 2.76. The number of hydrogen-bond donors (Lipinski definition) is 0. The van der Waals surface area contributed by atoms with Crippen LogP contribution in [0.5, 0.6) is 0 Å². The zero-order chi connectivity index (χ0) is 19.2. The van der Waals surface area contributed by atoms with Crippen LogP contribution in [-0.4, -0.2) is 0 Å². The van der Waals surface area contributed by atoms with E-state index in [1.807, 2.05) is 0 Å². The molecule has 0 heterocycles. The van der Waals surface area contributed by atoms with Crippen molar-refractivity contribution in [3.63, 3.8) is 0 Å². The van der Waals surface area contributed by atoms with Gasteiger partial charge in [0.05, 0.1) is 0 Å². The largest absolute Gasteiger partial charge is 0.337 e. The summed E-state index contributed by atoms with van der Waals surface area (Å²) in [5.74, 6) is 0.442. The topological polar surface area (TPSA) is 3.24 Å². The van der Waals surface area contributed by atoms with Gasteiger partial charge in [0.25, 0.3) is 0 Å². The van der Waals surface area contributed by atoms with Crippen molar-refractivity contribution in [3.8, 4) is 0 Å². The Morgan fingerprint density at radius 2 is 1.36 bits per heavy atom. The molecule has 0 radical (unpaired) electrons. The van der Waals surface area contributed by atoms with E-state index in [2.05, 4.69) is 127 Å². The normalized spacial score (nSPS) is 17.0. The summed E-state index contributed by atoms with van der Waals surface area (Å²) in [6.07, 6.45) is 11.0. The standard InChI is InChI=1S/C27H25N/c1-22-12-8-9-13-23(22)20-24-14-10-11-15-25(24)21-28(26-16-4-2-5-17-26)27-18-6-3-7-19-27/h2-20,22H,21H2,1H3/b23-20-. The van der Waals surface area contributed by atoms with E-state index in [1.165, 1.54) is 28.1 Å². The molecule has 0 N–H and O–H groups in total. The molecule has 3 aromatic carbocycles. The van der Waals surface area contributed by atoms with Gasteiger partial charge in [0, 0.05) is 17.9 Å². The summed E-state index contributed by atoms with van der Waals surface area (Å²) in [6, 6.07) is 29.9. The van der Waals surface area contributed by atoms with Gasteiger partial charge in [-0.15, -0.1) is 0 Å². The predicted molar refractivity (Wildman–Crippen MR) is 121 cm³/mol. The minimum atomic E-state index is 0.442. The van der Waals surface area contributed by atoms with Crippen LogP contribution in [0.1, 0.15) is 18.1 Å². The summed E-state index contributed by atoms with van der Waals surface area (Å²) >= 11 is 0. The second kappa shape index (κ2) is 8.58. The van der Waals surface area contributed by atoms with Crippen LogP contribution in [0, 0.1) is 5.92 Å². The van der Waals surface area contributed by atoms with Crippen molar-refractivity contribution in [1.82, 2.24) is 0 Å². The number of anilines is 2. The molecule has 138 valence electrons. The predicted octanol–water partition coefficient (Wildman–Crippen LogP) is 7.17. The zero-order valence-corrected chi connectivity index (χ0v) is 16.2. The molecule has 0 aliphatic heterocycles. The first-order valence-corrected chi connectivity index (χ1v) is 9.83. The number of allylic oxidation sites excluding steroid dienone is 5. The Kier molecular flexibility index (Phi) is 5.53. The molecule has 0 amide bonds. The Morgan fingerprint density at radius 3 is 2.00 bits per heavy atom. The third-order valence-electron chi connectivity index (χ3n) is 5.17. The van der Waals surface area contributed by atoms with Crippen molar-refractivity contribution in [1.29, 1.82) is 0 Å². The Bertz CT molecular complexity index is 957. The van der Waals surface area contributed by atoms with Gasteiger partial charge in [-0.05, 0) is 46.9 Å². The van der Waals surface area contributed by atoms with E-state index in [1.54, 1.807) is 0 Å². The number of nitrogens with zero attached hydrogens (tertiary/aromatic N) is 1. The molecule has 0 saturated heterocycles. The van der Waals surface area contributed by atoms with Crippen LogP contribution in [0.2, 0.25) is 0 Å². The van der Waals surface area contributed by atoms with E-state index in [9.17, 15) is 0 Å². The Hall–Kier alpha value is -3.32. The summed E-state index contributed by atoms with van der Waals surface area (Å²) in [5.41, 5.74) is 6.34. The van der Waals surface area contributed by atoms with E-state index in [0.717, 1.165) is 6.54 Å². The number of rotatable bonds is 5. The van der Waals surface area contributed by atoms with Gasteiger partial charge in [-0.25, -0.2) is 0 Å². The molecule has 28 heavy (non-hydrogen) atoms. The molecule has 0 spiro atoms. The molecule has 1 aliphatic rings. The van der Waals surface area contributed by atoms with Crippen molar-refractivity contribution < 1.29 is 0 Å². The van der Waals surface area contributed by atoms with Crippen LogP contribution < -0.4 is 4.90 Å². The van der Waals surface area contributed by atoms with Gasteiger partial charge in [-0.1, -0.05) is 98.0 Å². The first-order valence-electron chi connectivity index (χ1n) is 9.83. The Morgan fingerprint density at radius 1 is 0.750 bits per heavy atom. The fourth-order valence-electron chi connectivity index (χ4n) is 3.56. The number of hydrogen-bond acceptors (Lipinski definition) is 1. The Labute approximate surface area is 168 Å². The van der Waals surface area contributed by atoms with E-state index in [0.29, 0.717) is 5.92 Å². The molecular weight excluding hydrogens is 338 g/mol. The smallest absolute Gasteiger partial charge is 0.0487 e. The highest BCUT2D eigenvalue weighted by Gasteiger charge is 2.12. The molecule has 0 fully saturated rings. The highest BCUT2D eigenvalue weighted by Crippen LogP contribution is 2.29. The van der Waals surface area contributed by atoms with Crippen LogP contribution in [0.3, 0.4) is 0 Å². The number of benzene rings is 3. The lowest BCUT2D eigenvalue weighted by Gasteiger charge is -2.26. The fourth-order valence-corrected chi connectivity index (χ4v) is 3.56. The lowest BCUT2D eigenvalue weighted by atomic mass is 9.93. The third kappa shape index (κ3) is 4.15. The van der Waals surface area contributed by atoms with Gasteiger partial charge < -0.3 is 4.90 Å². The van der Waals surface area contributed by atoms with Gasteiger partial charge in [0.15, 0.2) is 0 Å². The Balaban J connectivity index is 1.71. The van der Waals surface area contributed by atoms with Crippen LogP contribution in [0.4, 0.5) is 11.4 Å². The van der Waals surface area contributed by atoms with Crippen LogP contribution in [0.25, 0.3) is 6.08 Å². The maximum absolute atomic E-state index is 2.37. The summed E-state index contributed by atoms with van der Waals surface area (Å²) < 4.78 is 0. The second-order valence-corrected chi connectivity index (χ2v) is 7.13. The maximum atomic E-state index is 2.37. The van der Waals surface area contributed by atoms with Crippen molar-refractivity contribution in [2.24, 2.45) is 5.92 Å². The van der Waals surface area contributed by atoms with Gasteiger partial charge in [-0.2, -0.15) is 0 Å². The van der Waals surface area contributed by atoms with E-state index in [-0.39, 0.29) is 0 Å². The van der Waals surface area contributed by atoms with Gasteiger partial charge in [-0.3, -0.25) is 0 Å². The summed E-state index contributed by atoms with van der Waals surface area (Å²) in [4.78, 5) is 2.37. The zero-order valence-electron chi connectivity index (χ0n) is 16.2.